The monoisotopic (exact) mass is 246 g/mol. The molecule has 0 radical (unpaired) electrons. The first kappa shape index (κ1) is 12.2. The lowest BCUT2D eigenvalue weighted by Gasteiger charge is -2.06. The molecule has 5 nitrogen and oxygen atoms in total. The molecule has 0 fully saturated rings. The summed E-state index contributed by atoms with van der Waals surface area (Å²) in [6.07, 6.45) is 1.05. The molecule has 5 heteroatoms. The predicted octanol–water partition coefficient (Wildman–Crippen LogP) is 2.41. The lowest BCUT2D eigenvalue weighted by atomic mass is 10.2. The summed E-state index contributed by atoms with van der Waals surface area (Å²) in [5.74, 6) is 0. The van der Waals surface area contributed by atoms with Crippen LogP contribution in [0.4, 0.5) is 4.79 Å². The van der Waals surface area contributed by atoms with Gasteiger partial charge in [0.2, 0.25) is 0 Å². The van der Waals surface area contributed by atoms with Gasteiger partial charge in [-0.15, -0.1) is 0 Å². The summed E-state index contributed by atoms with van der Waals surface area (Å²) in [5, 5.41) is 6.36. The third-order valence-electron chi connectivity index (χ3n) is 2.49. The van der Waals surface area contributed by atoms with Gasteiger partial charge in [-0.2, -0.15) is 0 Å². The summed E-state index contributed by atoms with van der Waals surface area (Å²) < 4.78 is 9.83. The van der Waals surface area contributed by atoms with Crippen LogP contribution in [0.1, 0.15) is 16.8 Å². The van der Waals surface area contributed by atoms with Gasteiger partial charge in [-0.3, -0.25) is 0 Å². The number of aromatic nitrogens is 1. The number of hydrogen-bond acceptors (Lipinski definition) is 4. The fourth-order valence-electron chi connectivity index (χ4n) is 1.42. The average Bonchev–Trinajstić information content (AvgIpc) is 2.81. The Morgan fingerprint density at radius 3 is 2.83 bits per heavy atom. The van der Waals surface area contributed by atoms with Crippen LogP contribution >= 0.6 is 0 Å². The second-order valence-corrected chi connectivity index (χ2v) is 3.84. The molecule has 0 atom stereocenters. The Bertz CT molecular complexity index is 508. The number of benzene rings is 1. The topological polar surface area (TPSA) is 64.4 Å². The molecule has 94 valence electrons. The third kappa shape index (κ3) is 3.35. The number of alkyl carbamates (subject to hydrolysis) is 1. The highest BCUT2D eigenvalue weighted by molar-refractivity contribution is 5.67. The maximum Gasteiger partial charge on any atom is 0.407 e. The normalized spacial score (nSPS) is 10.1. The van der Waals surface area contributed by atoms with Crippen LogP contribution in [0.25, 0.3) is 0 Å². The summed E-state index contributed by atoms with van der Waals surface area (Å²) in [6.45, 7) is 2.42. The molecular weight excluding hydrogens is 232 g/mol. The van der Waals surface area contributed by atoms with Gasteiger partial charge in [0, 0.05) is 5.56 Å². The second kappa shape index (κ2) is 5.86. The highest BCUT2D eigenvalue weighted by Crippen LogP contribution is 2.04. The van der Waals surface area contributed by atoms with Crippen LogP contribution in [0.15, 0.2) is 41.1 Å². The van der Waals surface area contributed by atoms with Crippen LogP contribution in [-0.4, -0.2) is 11.2 Å². The number of aryl methyl sites for hydroxylation is 1. The molecule has 1 aromatic heterocycles. The molecule has 0 aliphatic rings. The summed E-state index contributed by atoms with van der Waals surface area (Å²) in [6, 6.07) is 9.52. The van der Waals surface area contributed by atoms with E-state index in [9.17, 15) is 4.79 Å². The van der Waals surface area contributed by atoms with Gasteiger partial charge in [0.05, 0.1) is 12.2 Å². The van der Waals surface area contributed by atoms with Crippen molar-refractivity contribution in [3.63, 3.8) is 0 Å². The Labute approximate surface area is 105 Å². The zero-order valence-electron chi connectivity index (χ0n) is 10.1. The number of amides is 1. The SMILES string of the molecule is Cc1nocc1CNC(=O)OCc1ccccc1. The Balaban J connectivity index is 1.75. The van der Waals surface area contributed by atoms with E-state index in [-0.39, 0.29) is 6.61 Å². The standard InChI is InChI=1S/C13H14N2O3/c1-10-12(9-18-15-10)7-14-13(16)17-8-11-5-3-2-4-6-11/h2-6,9H,7-8H2,1H3,(H,14,16). The predicted molar refractivity (Wildman–Crippen MR) is 64.7 cm³/mol. The highest BCUT2D eigenvalue weighted by Gasteiger charge is 2.06. The van der Waals surface area contributed by atoms with Crippen LogP contribution in [0.3, 0.4) is 0 Å². The van der Waals surface area contributed by atoms with Crippen molar-refractivity contribution in [2.75, 3.05) is 0 Å². The van der Waals surface area contributed by atoms with E-state index in [0.717, 1.165) is 16.8 Å². The smallest absolute Gasteiger partial charge is 0.407 e. The molecule has 18 heavy (non-hydrogen) atoms. The Hall–Kier alpha value is -2.30. The van der Waals surface area contributed by atoms with Crippen LogP contribution < -0.4 is 5.32 Å². The van der Waals surface area contributed by atoms with E-state index < -0.39 is 6.09 Å². The van der Waals surface area contributed by atoms with Crippen LogP contribution in [0.5, 0.6) is 0 Å². The summed E-state index contributed by atoms with van der Waals surface area (Å²) in [4.78, 5) is 11.4. The summed E-state index contributed by atoms with van der Waals surface area (Å²) in [7, 11) is 0. The van der Waals surface area contributed by atoms with Gasteiger partial charge in [-0.1, -0.05) is 35.5 Å². The minimum absolute atomic E-state index is 0.259. The number of rotatable bonds is 4. The van der Waals surface area contributed by atoms with Crippen molar-refractivity contribution in [1.82, 2.24) is 10.5 Å². The second-order valence-electron chi connectivity index (χ2n) is 3.84. The largest absolute Gasteiger partial charge is 0.445 e. The van der Waals surface area contributed by atoms with E-state index in [1.54, 1.807) is 0 Å². The zero-order chi connectivity index (χ0) is 12.8. The van der Waals surface area contributed by atoms with E-state index in [0.29, 0.717) is 6.54 Å². The maximum absolute atomic E-state index is 11.4. The highest BCUT2D eigenvalue weighted by atomic mass is 16.5. The van der Waals surface area contributed by atoms with E-state index in [4.69, 9.17) is 9.26 Å². The van der Waals surface area contributed by atoms with Gasteiger partial charge in [-0.05, 0) is 12.5 Å². The van der Waals surface area contributed by atoms with E-state index in [1.165, 1.54) is 6.26 Å². The van der Waals surface area contributed by atoms with E-state index in [1.807, 2.05) is 37.3 Å². The lowest BCUT2D eigenvalue weighted by molar-refractivity contribution is 0.139. The molecule has 0 bridgehead atoms. The molecule has 0 aliphatic carbocycles. The molecule has 1 amide bonds. The van der Waals surface area contributed by atoms with Gasteiger partial charge >= 0.3 is 6.09 Å². The molecule has 2 rings (SSSR count). The van der Waals surface area contributed by atoms with Crippen molar-refractivity contribution < 1.29 is 14.1 Å². The van der Waals surface area contributed by atoms with Crippen LogP contribution in [-0.2, 0) is 17.9 Å². The van der Waals surface area contributed by atoms with Crippen molar-refractivity contribution >= 4 is 6.09 Å². The van der Waals surface area contributed by atoms with Crippen molar-refractivity contribution in [1.29, 1.82) is 0 Å². The minimum atomic E-state index is -0.459. The molecule has 0 aliphatic heterocycles. The number of nitrogens with zero attached hydrogens (tertiary/aromatic N) is 1. The first-order valence-corrected chi connectivity index (χ1v) is 5.60. The third-order valence-corrected chi connectivity index (χ3v) is 2.49. The Morgan fingerprint density at radius 1 is 1.39 bits per heavy atom. The number of carbonyl (C=O) groups excluding carboxylic acids is 1. The molecule has 1 heterocycles. The number of carbonyl (C=O) groups is 1. The zero-order valence-corrected chi connectivity index (χ0v) is 10.1. The Kier molecular flexibility index (Phi) is 3.96. The van der Waals surface area contributed by atoms with Crippen molar-refractivity contribution in [2.45, 2.75) is 20.1 Å². The van der Waals surface area contributed by atoms with Crippen LogP contribution in [0, 0.1) is 6.92 Å². The van der Waals surface area contributed by atoms with Crippen LogP contribution in [0.2, 0.25) is 0 Å². The molecule has 0 spiro atoms. The summed E-state index contributed by atoms with van der Waals surface area (Å²) >= 11 is 0. The summed E-state index contributed by atoms with van der Waals surface area (Å²) in [5.41, 5.74) is 2.55. The van der Waals surface area contributed by atoms with Crippen molar-refractivity contribution in [3.05, 3.63) is 53.4 Å². The number of hydrogen-bond donors (Lipinski definition) is 1. The molecule has 1 aromatic carbocycles. The van der Waals surface area contributed by atoms with Crippen molar-refractivity contribution in [2.24, 2.45) is 0 Å². The van der Waals surface area contributed by atoms with Crippen molar-refractivity contribution in [3.8, 4) is 0 Å². The molecule has 0 saturated carbocycles. The molecule has 1 N–H and O–H groups in total. The van der Waals surface area contributed by atoms with E-state index in [2.05, 4.69) is 10.5 Å². The van der Waals surface area contributed by atoms with Gasteiger partial charge in [0.15, 0.2) is 0 Å². The Morgan fingerprint density at radius 2 is 2.17 bits per heavy atom. The number of nitrogens with one attached hydrogen (secondary N) is 1. The van der Waals surface area contributed by atoms with Gasteiger partial charge in [0.1, 0.15) is 12.9 Å². The van der Waals surface area contributed by atoms with E-state index >= 15 is 0 Å². The fourth-order valence-corrected chi connectivity index (χ4v) is 1.42. The van der Waals surface area contributed by atoms with Gasteiger partial charge < -0.3 is 14.6 Å². The molecule has 2 aromatic rings. The average molecular weight is 246 g/mol. The first-order chi connectivity index (χ1) is 8.75. The quantitative estimate of drug-likeness (QED) is 0.899. The molecule has 0 unspecified atom stereocenters. The number of ether oxygens (including phenoxy) is 1. The van der Waals surface area contributed by atoms with Gasteiger partial charge in [-0.25, -0.2) is 4.79 Å². The maximum atomic E-state index is 11.4. The molecular formula is C13H14N2O3. The fraction of sp³-hybridized carbons (Fsp3) is 0.231. The van der Waals surface area contributed by atoms with Gasteiger partial charge in [0.25, 0.3) is 0 Å². The lowest BCUT2D eigenvalue weighted by Crippen LogP contribution is -2.23. The molecule has 0 saturated heterocycles. The minimum Gasteiger partial charge on any atom is -0.445 e. The first-order valence-electron chi connectivity index (χ1n) is 5.60.